The van der Waals surface area contributed by atoms with Crippen molar-refractivity contribution in [3.8, 4) is 12.3 Å². The lowest BCUT2D eigenvalue weighted by molar-refractivity contribution is 0.560. The summed E-state index contributed by atoms with van der Waals surface area (Å²) in [6, 6.07) is 6.80. The zero-order valence-corrected chi connectivity index (χ0v) is 8.96. The van der Waals surface area contributed by atoms with Crippen LogP contribution in [0.2, 0.25) is 0 Å². The fourth-order valence-electron chi connectivity index (χ4n) is 1.38. The third kappa shape index (κ3) is 4.14. The van der Waals surface area contributed by atoms with Crippen LogP contribution in [0.3, 0.4) is 0 Å². The van der Waals surface area contributed by atoms with Gasteiger partial charge in [-0.3, -0.25) is 0 Å². The minimum atomic E-state index is -0.196. The molecular formula is C13H16FN. The Labute approximate surface area is 90.7 Å². The number of hydrogen-bond donors (Lipinski definition) is 1. The summed E-state index contributed by atoms with van der Waals surface area (Å²) in [6.45, 7) is 2.95. The van der Waals surface area contributed by atoms with Crippen LogP contribution in [0.25, 0.3) is 0 Å². The molecule has 0 radical (unpaired) electrons. The van der Waals surface area contributed by atoms with E-state index in [2.05, 4.69) is 18.2 Å². The predicted molar refractivity (Wildman–Crippen MR) is 60.9 cm³/mol. The van der Waals surface area contributed by atoms with Crippen molar-refractivity contribution in [3.05, 3.63) is 35.6 Å². The zero-order chi connectivity index (χ0) is 11.1. The van der Waals surface area contributed by atoms with Crippen molar-refractivity contribution in [2.75, 3.05) is 6.54 Å². The van der Waals surface area contributed by atoms with Crippen molar-refractivity contribution in [2.45, 2.75) is 25.8 Å². The van der Waals surface area contributed by atoms with Gasteiger partial charge in [0.25, 0.3) is 0 Å². The summed E-state index contributed by atoms with van der Waals surface area (Å²) in [5.41, 5.74) is 1.09. The Kier molecular flexibility index (Phi) is 4.86. The van der Waals surface area contributed by atoms with Crippen LogP contribution in [0, 0.1) is 18.2 Å². The molecule has 0 heterocycles. The Morgan fingerprint density at radius 3 is 2.67 bits per heavy atom. The Balaban J connectivity index is 2.37. The molecule has 1 N–H and O–H groups in total. The highest BCUT2D eigenvalue weighted by Crippen LogP contribution is 2.12. The van der Waals surface area contributed by atoms with E-state index in [-0.39, 0.29) is 11.9 Å². The lowest BCUT2D eigenvalue weighted by Crippen LogP contribution is -2.19. The molecule has 1 rings (SSSR count). The van der Waals surface area contributed by atoms with Gasteiger partial charge in [0.2, 0.25) is 0 Å². The van der Waals surface area contributed by atoms with Gasteiger partial charge in [-0.2, -0.15) is 0 Å². The number of hydrogen-bond acceptors (Lipinski definition) is 1. The van der Waals surface area contributed by atoms with E-state index in [1.54, 1.807) is 12.1 Å². The maximum Gasteiger partial charge on any atom is 0.123 e. The molecule has 1 atom stereocenters. The first-order chi connectivity index (χ1) is 7.24. The summed E-state index contributed by atoms with van der Waals surface area (Å²) in [6.07, 6.45) is 6.92. The number of benzene rings is 1. The summed E-state index contributed by atoms with van der Waals surface area (Å²) in [5.74, 6) is 2.40. The second-order valence-electron chi connectivity index (χ2n) is 3.54. The van der Waals surface area contributed by atoms with Crippen molar-refractivity contribution in [2.24, 2.45) is 0 Å². The van der Waals surface area contributed by atoms with Crippen LogP contribution < -0.4 is 5.32 Å². The Bertz CT molecular complexity index is 323. The van der Waals surface area contributed by atoms with Gasteiger partial charge in [0.05, 0.1) is 0 Å². The molecule has 0 aliphatic heterocycles. The third-order valence-corrected chi connectivity index (χ3v) is 2.32. The molecule has 0 bridgehead atoms. The summed E-state index contributed by atoms with van der Waals surface area (Å²) >= 11 is 0. The van der Waals surface area contributed by atoms with E-state index in [1.165, 1.54) is 12.1 Å². The topological polar surface area (TPSA) is 12.0 Å². The molecule has 2 heteroatoms. The van der Waals surface area contributed by atoms with Gasteiger partial charge < -0.3 is 5.32 Å². The Hall–Kier alpha value is -1.33. The van der Waals surface area contributed by atoms with Crippen molar-refractivity contribution in [3.63, 3.8) is 0 Å². The predicted octanol–water partition coefficient (Wildman–Crippen LogP) is 2.89. The molecule has 0 saturated carbocycles. The van der Waals surface area contributed by atoms with Gasteiger partial charge in [-0.25, -0.2) is 4.39 Å². The van der Waals surface area contributed by atoms with E-state index in [4.69, 9.17) is 6.42 Å². The first-order valence-electron chi connectivity index (χ1n) is 5.16. The van der Waals surface area contributed by atoms with Gasteiger partial charge in [0.1, 0.15) is 5.82 Å². The molecule has 0 aromatic heterocycles. The molecule has 1 aromatic carbocycles. The Morgan fingerprint density at radius 1 is 1.40 bits per heavy atom. The van der Waals surface area contributed by atoms with Crippen LogP contribution in [0.15, 0.2) is 24.3 Å². The van der Waals surface area contributed by atoms with Gasteiger partial charge >= 0.3 is 0 Å². The summed E-state index contributed by atoms with van der Waals surface area (Å²) in [5, 5.41) is 3.34. The number of unbranched alkanes of at least 4 members (excludes halogenated alkanes) is 1. The maximum absolute atomic E-state index is 12.7. The van der Waals surface area contributed by atoms with Crippen LogP contribution in [-0.2, 0) is 0 Å². The van der Waals surface area contributed by atoms with E-state index in [0.29, 0.717) is 0 Å². The van der Waals surface area contributed by atoms with Crippen molar-refractivity contribution in [1.82, 2.24) is 5.32 Å². The van der Waals surface area contributed by atoms with Gasteiger partial charge in [-0.15, -0.1) is 12.3 Å². The summed E-state index contributed by atoms with van der Waals surface area (Å²) < 4.78 is 12.7. The highest BCUT2D eigenvalue weighted by Gasteiger charge is 2.03. The van der Waals surface area contributed by atoms with E-state index in [0.717, 1.165) is 24.9 Å². The fourth-order valence-corrected chi connectivity index (χ4v) is 1.38. The number of nitrogens with one attached hydrogen (secondary N) is 1. The number of halogens is 1. The van der Waals surface area contributed by atoms with Crippen molar-refractivity contribution < 1.29 is 4.39 Å². The van der Waals surface area contributed by atoms with E-state index in [1.807, 2.05) is 0 Å². The van der Waals surface area contributed by atoms with E-state index in [9.17, 15) is 4.39 Å². The average Bonchev–Trinajstić information content (AvgIpc) is 2.25. The molecule has 1 unspecified atom stereocenters. The molecule has 1 aromatic rings. The van der Waals surface area contributed by atoms with Crippen LogP contribution in [0.4, 0.5) is 4.39 Å². The summed E-state index contributed by atoms with van der Waals surface area (Å²) in [7, 11) is 0. The highest BCUT2D eigenvalue weighted by atomic mass is 19.1. The maximum atomic E-state index is 12.7. The lowest BCUT2D eigenvalue weighted by Gasteiger charge is -2.13. The molecule has 1 nitrogen and oxygen atoms in total. The van der Waals surface area contributed by atoms with Gasteiger partial charge in [-0.1, -0.05) is 12.1 Å². The largest absolute Gasteiger partial charge is 0.310 e. The Morgan fingerprint density at radius 2 is 2.07 bits per heavy atom. The van der Waals surface area contributed by atoms with Crippen LogP contribution in [-0.4, -0.2) is 6.54 Å². The number of rotatable bonds is 5. The van der Waals surface area contributed by atoms with E-state index < -0.39 is 0 Å². The van der Waals surface area contributed by atoms with Crippen molar-refractivity contribution >= 4 is 0 Å². The average molecular weight is 205 g/mol. The first-order valence-corrected chi connectivity index (χ1v) is 5.16. The minimum Gasteiger partial charge on any atom is -0.310 e. The quantitative estimate of drug-likeness (QED) is 0.575. The second-order valence-corrected chi connectivity index (χ2v) is 3.54. The lowest BCUT2D eigenvalue weighted by atomic mass is 10.1. The van der Waals surface area contributed by atoms with Crippen LogP contribution in [0.5, 0.6) is 0 Å². The molecule has 0 aliphatic carbocycles. The zero-order valence-electron chi connectivity index (χ0n) is 8.96. The van der Waals surface area contributed by atoms with Gasteiger partial charge in [0, 0.05) is 12.5 Å². The smallest absolute Gasteiger partial charge is 0.123 e. The normalized spacial score (nSPS) is 12.1. The fraction of sp³-hybridized carbons (Fsp3) is 0.385. The standard InChI is InChI=1S/C13H16FN/c1-3-4-5-10-15-11(2)12-6-8-13(14)9-7-12/h1,6-9,11,15H,4-5,10H2,2H3. The van der Waals surface area contributed by atoms with Gasteiger partial charge in [-0.05, 0) is 37.6 Å². The highest BCUT2D eigenvalue weighted by molar-refractivity contribution is 5.19. The molecule has 80 valence electrons. The molecule has 0 spiro atoms. The monoisotopic (exact) mass is 205 g/mol. The molecule has 0 fully saturated rings. The molecule has 0 saturated heterocycles. The molecular weight excluding hydrogens is 189 g/mol. The van der Waals surface area contributed by atoms with Crippen LogP contribution in [0.1, 0.15) is 31.4 Å². The molecule has 15 heavy (non-hydrogen) atoms. The first kappa shape index (κ1) is 11.7. The van der Waals surface area contributed by atoms with Crippen LogP contribution >= 0.6 is 0 Å². The second kappa shape index (κ2) is 6.21. The summed E-state index contributed by atoms with van der Waals surface area (Å²) in [4.78, 5) is 0. The van der Waals surface area contributed by atoms with Crippen molar-refractivity contribution in [1.29, 1.82) is 0 Å². The van der Waals surface area contributed by atoms with E-state index >= 15 is 0 Å². The SMILES string of the molecule is C#CCCCNC(C)c1ccc(F)cc1. The molecule has 0 amide bonds. The molecule has 0 aliphatic rings. The van der Waals surface area contributed by atoms with Gasteiger partial charge in [0.15, 0.2) is 0 Å². The minimum absolute atomic E-state index is 0.196. The number of terminal acetylenes is 1. The third-order valence-electron chi connectivity index (χ3n) is 2.32.